The maximum atomic E-state index is 13.3. The molecule has 0 aliphatic rings. The van der Waals surface area contributed by atoms with Crippen molar-refractivity contribution in [2.24, 2.45) is 0 Å². The zero-order valence-electron chi connectivity index (χ0n) is 19.5. The molecule has 0 aromatic carbocycles. The molecular formula is C24H29N7O3. The first-order chi connectivity index (χ1) is 16.7. The monoisotopic (exact) mass is 463 g/mol. The third kappa shape index (κ3) is 5.57. The number of aromatic nitrogens is 6. The summed E-state index contributed by atoms with van der Waals surface area (Å²) in [6, 6.07) is 5.54. The van der Waals surface area contributed by atoms with Crippen molar-refractivity contribution < 1.29 is 9.47 Å². The van der Waals surface area contributed by atoms with Gasteiger partial charge in [0.2, 0.25) is 5.88 Å². The third-order valence-electron chi connectivity index (χ3n) is 5.33. The molecule has 4 rings (SSSR count). The largest absolute Gasteiger partial charge is 0.481 e. The summed E-state index contributed by atoms with van der Waals surface area (Å²) in [5, 5.41) is 3.20. The Morgan fingerprint density at radius 1 is 1.12 bits per heavy atom. The molecule has 0 saturated heterocycles. The molecule has 10 heteroatoms. The van der Waals surface area contributed by atoms with Crippen molar-refractivity contribution in [3.8, 4) is 17.1 Å². The minimum absolute atomic E-state index is 0.180. The molecule has 10 nitrogen and oxygen atoms in total. The smallest absolute Gasteiger partial charge is 0.293 e. The maximum Gasteiger partial charge on any atom is 0.293 e. The quantitative estimate of drug-likeness (QED) is 0.320. The summed E-state index contributed by atoms with van der Waals surface area (Å²) in [6.07, 6.45) is 10.6. The molecule has 0 saturated carbocycles. The topological polar surface area (TPSA) is 109 Å². The van der Waals surface area contributed by atoms with Gasteiger partial charge in [0.1, 0.15) is 5.52 Å². The number of nitrogens with one attached hydrogen (secondary N) is 1. The summed E-state index contributed by atoms with van der Waals surface area (Å²) in [5.41, 5.74) is 2.69. The third-order valence-corrected chi connectivity index (χ3v) is 5.33. The lowest BCUT2D eigenvalue weighted by atomic mass is 10.2. The highest BCUT2D eigenvalue weighted by Gasteiger charge is 2.13. The average molecular weight is 464 g/mol. The molecule has 0 amide bonds. The van der Waals surface area contributed by atoms with Crippen molar-refractivity contribution >= 4 is 16.9 Å². The average Bonchev–Trinajstić information content (AvgIpc) is 3.39. The molecule has 0 bridgehead atoms. The number of ether oxygens (including phenoxy) is 2. The molecule has 0 aliphatic carbocycles. The van der Waals surface area contributed by atoms with E-state index in [0.717, 1.165) is 24.9 Å². The second-order valence-corrected chi connectivity index (χ2v) is 7.76. The predicted octanol–water partition coefficient (Wildman–Crippen LogP) is 2.99. The molecule has 4 aromatic heterocycles. The molecule has 0 spiro atoms. The number of pyridine rings is 2. The Hall–Kier alpha value is -3.79. The zero-order valence-corrected chi connectivity index (χ0v) is 19.5. The van der Waals surface area contributed by atoms with Gasteiger partial charge in [0, 0.05) is 56.5 Å². The van der Waals surface area contributed by atoms with Crippen LogP contribution >= 0.6 is 0 Å². The normalized spacial score (nSPS) is 11.1. The highest BCUT2D eigenvalue weighted by Crippen LogP contribution is 2.22. The number of aryl methyl sites for hydroxylation is 1. The lowest BCUT2D eigenvalue weighted by molar-refractivity contribution is 0.127. The van der Waals surface area contributed by atoms with Gasteiger partial charge in [-0.3, -0.25) is 9.78 Å². The number of fused-ring (bicyclic) bond motifs is 1. The Morgan fingerprint density at radius 2 is 2.03 bits per heavy atom. The summed E-state index contributed by atoms with van der Waals surface area (Å²) >= 11 is 0. The summed E-state index contributed by atoms with van der Waals surface area (Å²) in [5.74, 6) is 0.842. The van der Waals surface area contributed by atoms with Crippen molar-refractivity contribution in [1.82, 2.24) is 29.1 Å². The molecule has 4 heterocycles. The van der Waals surface area contributed by atoms with Crippen molar-refractivity contribution in [2.45, 2.75) is 32.9 Å². The number of hydrogen-bond donors (Lipinski definition) is 1. The van der Waals surface area contributed by atoms with Crippen LogP contribution in [-0.4, -0.2) is 55.9 Å². The van der Waals surface area contributed by atoms with E-state index in [4.69, 9.17) is 9.47 Å². The summed E-state index contributed by atoms with van der Waals surface area (Å²) in [6.45, 7) is 4.99. The van der Waals surface area contributed by atoms with Gasteiger partial charge in [0.15, 0.2) is 5.82 Å². The van der Waals surface area contributed by atoms with Crippen LogP contribution in [0.1, 0.15) is 19.8 Å². The summed E-state index contributed by atoms with van der Waals surface area (Å²) < 4.78 is 14.5. The van der Waals surface area contributed by atoms with Crippen LogP contribution in [0.15, 0.2) is 54.1 Å². The van der Waals surface area contributed by atoms with E-state index in [-0.39, 0.29) is 5.56 Å². The van der Waals surface area contributed by atoms with Crippen LogP contribution in [-0.2, 0) is 17.8 Å². The van der Waals surface area contributed by atoms with E-state index >= 15 is 0 Å². The number of imidazole rings is 1. The summed E-state index contributed by atoms with van der Waals surface area (Å²) in [4.78, 5) is 30.8. The Bertz CT molecular complexity index is 1250. The van der Waals surface area contributed by atoms with Gasteiger partial charge in [-0.2, -0.15) is 0 Å². The molecule has 0 atom stereocenters. The highest BCUT2D eigenvalue weighted by atomic mass is 16.5. The molecule has 4 aromatic rings. The van der Waals surface area contributed by atoms with E-state index in [2.05, 4.69) is 32.2 Å². The molecular weight excluding hydrogens is 434 g/mol. The van der Waals surface area contributed by atoms with E-state index in [1.54, 1.807) is 42.7 Å². The first-order valence-electron chi connectivity index (χ1n) is 11.4. The van der Waals surface area contributed by atoms with E-state index in [0.29, 0.717) is 54.7 Å². The number of anilines is 1. The Balaban J connectivity index is 1.61. The van der Waals surface area contributed by atoms with Gasteiger partial charge in [-0.15, -0.1) is 0 Å². The first kappa shape index (κ1) is 23.4. The second-order valence-electron chi connectivity index (χ2n) is 7.76. The van der Waals surface area contributed by atoms with Crippen LogP contribution in [0, 0.1) is 0 Å². The van der Waals surface area contributed by atoms with Crippen molar-refractivity contribution in [2.75, 3.05) is 32.2 Å². The lowest BCUT2D eigenvalue weighted by Gasteiger charge is -2.14. The van der Waals surface area contributed by atoms with Crippen LogP contribution < -0.4 is 15.6 Å². The SMILES string of the molecule is CCCOCCn1c(=O)c(NCCCn2ccnc2)nc2cnc(-c3ccc(OC)nc3)cc21. The minimum Gasteiger partial charge on any atom is -0.481 e. The van der Waals surface area contributed by atoms with Crippen LogP contribution in [0.2, 0.25) is 0 Å². The van der Waals surface area contributed by atoms with Crippen LogP contribution in [0.5, 0.6) is 5.88 Å². The molecule has 178 valence electrons. The van der Waals surface area contributed by atoms with Crippen LogP contribution in [0.25, 0.3) is 22.3 Å². The molecule has 34 heavy (non-hydrogen) atoms. The van der Waals surface area contributed by atoms with Gasteiger partial charge in [0.25, 0.3) is 5.56 Å². The van der Waals surface area contributed by atoms with E-state index in [9.17, 15) is 4.79 Å². The van der Waals surface area contributed by atoms with Gasteiger partial charge < -0.3 is 23.9 Å². The fourth-order valence-electron chi connectivity index (χ4n) is 3.58. The van der Waals surface area contributed by atoms with E-state index in [1.807, 2.05) is 22.9 Å². The highest BCUT2D eigenvalue weighted by molar-refractivity contribution is 5.80. The molecule has 0 unspecified atom stereocenters. The molecule has 0 radical (unpaired) electrons. The molecule has 0 fully saturated rings. The Morgan fingerprint density at radius 3 is 2.76 bits per heavy atom. The Kier molecular flexibility index (Phi) is 7.82. The number of hydrogen-bond acceptors (Lipinski definition) is 8. The van der Waals surface area contributed by atoms with Gasteiger partial charge in [-0.05, 0) is 25.0 Å². The van der Waals surface area contributed by atoms with Gasteiger partial charge in [0.05, 0.1) is 37.5 Å². The number of rotatable bonds is 12. The second kappa shape index (κ2) is 11.4. The van der Waals surface area contributed by atoms with E-state index < -0.39 is 0 Å². The Labute approximate surface area is 197 Å². The predicted molar refractivity (Wildman–Crippen MR) is 130 cm³/mol. The van der Waals surface area contributed by atoms with Gasteiger partial charge >= 0.3 is 0 Å². The van der Waals surface area contributed by atoms with Crippen molar-refractivity contribution in [3.63, 3.8) is 0 Å². The lowest BCUT2D eigenvalue weighted by Crippen LogP contribution is -2.27. The standard InChI is InChI=1S/C24H29N7O3/c1-3-12-34-13-11-31-21-14-19(18-5-6-22(33-2)28-15-18)27-16-20(21)29-23(24(31)32)26-7-4-9-30-10-8-25-17-30/h5-6,8,10,14-17H,3-4,7,9,11-13H2,1-2H3,(H,26,29). The van der Waals surface area contributed by atoms with Gasteiger partial charge in [-0.1, -0.05) is 6.92 Å². The summed E-state index contributed by atoms with van der Waals surface area (Å²) in [7, 11) is 1.57. The van der Waals surface area contributed by atoms with Crippen molar-refractivity contribution in [1.29, 1.82) is 0 Å². The minimum atomic E-state index is -0.180. The van der Waals surface area contributed by atoms with Crippen LogP contribution in [0.3, 0.4) is 0 Å². The number of methoxy groups -OCH3 is 1. The zero-order chi connectivity index (χ0) is 23.8. The maximum absolute atomic E-state index is 13.3. The molecule has 0 aliphatic heterocycles. The van der Waals surface area contributed by atoms with Crippen molar-refractivity contribution in [3.05, 3.63) is 59.7 Å². The first-order valence-corrected chi connectivity index (χ1v) is 11.4. The van der Waals surface area contributed by atoms with E-state index in [1.165, 1.54) is 0 Å². The molecule has 1 N–H and O–H groups in total. The van der Waals surface area contributed by atoms with Crippen LogP contribution in [0.4, 0.5) is 5.82 Å². The fraction of sp³-hybridized carbons (Fsp3) is 0.375. The number of nitrogens with zero attached hydrogens (tertiary/aromatic N) is 6. The van der Waals surface area contributed by atoms with Gasteiger partial charge in [-0.25, -0.2) is 15.0 Å². The fourth-order valence-corrected chi connectivity index (χ4v) is 3.58.